The normalized spacial score (nSPS) is 10.7. The van der Waals surface area contributed by atoms with Crippen molar-refractivity contribution < 1.29 is 9.84 Å². The van der Waals surface area contributed by atoms with Gasteiger partial charge in [0.05, 0.1) is 12.7 Å². The molecule has 1 aromatic carbocycles. The molecule has 0 bridgehead atoms. The molecule has 0 aliphatic heterocycles. The van der Waals surface area contributed by atoms with Gasteiger partial charge < -0.3 is 9.84 Å². The van der Waals surface area contributed by atoms with Gasteiger partial charge in [0.1, 0.15) is 11.4 Å². The zero-order chi connectivity index (χ0) is 13.0. The highest BCUT2D eigenvalue weighted by Crippen LogP contribution is 2.28. The Kier molecular flexibility index (Phi) is 3.95. The van der Waals surface area contributed by atoms with Crippen LogP contribution in [0, 0.1) is 0 Å². The molecule has 1 aromatic heterocycles. The summed E-state index contributed by atoms with van der Waals surface area (Å²) in [5.41, 5.74) is 2.71. The van der Waals surface area contributed by atoms with Gasteiger partial charge in [0.15, 0.2) is 0 Å². The molecule has 0 saturated heterocycles. The van der Waals surface area contributed by atoms with E-state index < -0.39 is 0 Å². The summed E-state index contributed by atoms with van der Waals surface area (Å²) in [6, 6.07) is 11.5. The van der Waals surface area contributed by atoms with E-state index in [1.165, 1.54) is 0 Å². The van der Waals surface area contributed by atoms with Crippen LogP contribution in [0.2, 0.25) is 0 Å². The Labute approximate surface area is 107 Å². The van der Waals surface area contributed by atoms with Crippen molar-refractivity contribution in [3.63, 3.8) is 0 Å². The van der Waals surface area contributed by atoms with E-state index in [9.17, 15) is 0 Å². The standard InChI is InChI=1S/C15H17NO2/c1-11(2)18-14-4-3-9-16-15(14)13-7-5-12(10-17)6-8-13/h3-9,11,17H,10H2,1-2H3. The molecule has 0 spiro atoms. The molecule has 2 aromatic rings. The van der Waals surface area contributed by atoms with Gasteiger partial charge in [-0.3, -0.25) is 4.98 Å². The molecule has 0 aliphatic rings. The Bertz CT molecular complexity index is 506. The summed E-state index contributed by atoms with van der Waals surface area (Å²) < 4.78 is 5.74. The Morgan fingerprint density at radius 2 is 1.89 bits per heavy atom. The first-order chi connectivity index (χ1) is 8.70. The van der Waals surface area contributed by atoms with Crippen molar-refractivity contribution in [2.75, 3.05) is 0 Å². The fourth-order valence-electron chi connectivity index (χ4n) is 1.72. The summed E-state index contributed by atoms with van der Waals surface area (Å²) in [6.45, 7) is 4.04. The second-order valence-electron chi connectivity index (χ2n) is 4.37. The van der Waals surface area contributed by atoms with Gasteiger partial charge in [-0.05, 0) is 31.5 Å². The number of rotatable bonds is 4. The van der Waals surface area contributed by atoms with Crippen molar-refractivity contribution in [1.82, 2.24) is 4.98 Å². The number of benzene rings is 1. The SMILES string of the molecule is CC(C)Oc1cccnc1-c1ccc(CO)cc1. The lowest BCUT2D eigenvalue weighted by molar-refractivity contribution is 0.242. The van der Waals surface area contributed by atoms with Crippen LogP contribution in [0.5, 0.6) is 5.75 Å². The first-order valence-corrected chi connectivity index (χ1v) is 6.02. The van der Waals surface area contributed by atoms with Crippen LogP contribution >= 0.6 is 0 Å². The molecular weight excluding hydrogens is 226 g/mol. The predicted molar refractivity (Wildman–Crippen MR) is 71.4 cm³/mol. The van der Waals surface area contributed by atoms with Crippen molar-refractivity contribution in [2.45, 2.75) is 26.6 Å². The zero-order valence-corrected chi connectivity index (χ0v) is 10.6. The van der Waals surface area contributed by atoms with Crippen LogP contribution in [0.3, 0.4) is 0 Å². The predicted octanol–water partition coefficient (Wildman–Crippen LogP) is 3.03. The lowest BCUT2D eigenvalue weighted by Crippen LogP contribution is -2.07. The van der Waals surface area contributed by atoms with E-state index in [0.717, 1.165) is 22.6 Å². The van der Waals surface area contributed by atoms with Gasteiger partial charge in [-0.15, -0.1) is 0 Å². The van der Waals surface area contributed by atoms with Gasteiger partial charge in [-0.1, -0.05) is 24.3 Å². The fourth-order valence-corrected chi connectivity index (χ4v) is 1.72. The van der Waals surface area contributed by atoms with E-state index in [2.05, 4.69) is 4.98 Å². The molecule has 3 nitrogen and oxygen atoms in total. The lowest BCUT2D eigenvalue weighted by atomic mass is 10.1. The minimum Gasteiger partial charge on any atom is -0.489 e. The minimum atomic E-state index is 0.0534. The highest BCUT2D eigenvalue weighted by molar-refractivity contribution is 5.66. The van der Waals surface area contributed by atoms with E-state index in [0.29, 0.717) is 0 Å². The summed E-state index contributed by atoms with van der Waals surface area (Å²) in [7, 11) is 0. The topological polar surface area (TPSA) is 42.4 Å². The van der Waals surface area contributed by atoms with E-state index in [1.807, 2.05) is 50.2 Å². The molecule has 1 heterocycles. The maximum absolute atomic E-state index is 9.03. The van der Waals surface area contributed by atoms with E-state index in [-0.39, 0.29) is 12.7 Å². The Hall–Kier alpha value is -1.87. The monoisotopic (exact) mass is 243 g/mol. The second kappa shape index (κ2) is 5.65. The molecule has 3 heteroatoms. The largest absolute Gasteiger partial charge is 0.489 e. The maximum Gasteiger partial charge on any atom is 0.145 e. The number of aromatic nitrogens is 1. The summed E-state index contributed by atoms with van der Waals surface area (Å²) in [4.78, 5) is 4.37. The zero-order valence-electron chi connectivity index (χ0n) is 10.6. The van der Waals surface area contributed by atoms with Gasteiger partial charge in [-0.2, -0.15) is 0 Å². The summed E-state index contributed by atoms with van der Waals surface area (Å²) in [6.07, 6.45) is 1.87. The average molecular weight is 243 g/mol. The third-order valence-corrected chi connectivity index (χ3v) is 2.54. The second-order valence-corrected chi connectivity index (χ2v) is 4.37. The number of aliphatic hydroxyl groups excluding tert-OH is 1. The quantitative estimate of drug-likeness (QED) is 0.897. The van der Waals surface area contributed by atoms with E-state index in [1.54, 1.807) is 6.20 Å². The van der Waals surface area contributed by atoms with Crippen LogP contribution in [0.1, 0.15) is 19.4 Å². The van der Waals surface area contributed by atoms with Crippen LogP contribution in [0.15, 0.2) is 42.6 Å². The Balaban J connectivity index is 2.36. The van der Waals surface area contributed by atoms with Gasteiger partial charge in [-0.25, -0.2) is 0 Å². The van der Waals surface area contributed by atoms with Crippen molar-refractivity contribution >= 4 is 0 Å². The van der Waals surface area contributed by atoms with Crippen LogP contribution < -0.4 is 4.74 Å². The number of pyridine rings is 1. The van der Waals surface area contributed by atoms with Gasteiger partial charge in [0.25, 0.3) is 0 Å². The van der Waals surface area contributed by atoms with Crippen molar-refractivity contribution in [2.24, 2.45) is 0 Å². The summed E-state index contributed by atoms with van der Waals surface area (Å²) in [5.74, 6) is 0.782. The van der Waals surface area contributed by atoms with Crippen LogP contribution in [-0.2, 0) is 6.61 Å². The fraction of sp³-hybridized carbons (Fsp3) is 0.267. The average Bonchev–Trinajstić information content (AvgIpc) is 2.39. The summed E-state index contributed by atoms with van der Waals surface area (Å²) >= 11 is 0. The number of hydrogen-bond acceptors (Lipinski definition) is 3. The first-order valence-electron chi connectivity index (χ1n) is 6.02. The first kappa shape index (κ1) is 12.6. The molecule has 0 fully saturated rings. The van der Waals surface area contributed by atoms with Gasteiger partial charge in [0.2, 0.25) is 0 Å². The number of ether oxygens (including phenoxy) is 1. The summed E-state index contributed by atoms with van der Waals surface area (Å²) in [5, 5.41) is 9.03. The molecule has 0 radical (unpaired) electrons. The van der Waals surface area contributed by atoms with Crippen molar-refractivity contribution in [3.8, 4) is 17.0 Å². The molecule has 1 N–H and O–H groups in total. The molecule has 0 aliphatic carbocycles. The van der Waals surface area contributed by atoms with E-state index >= 15 is 0 Å². The Morgan fingerprint density at radius 3 is 2.50 bits per heavy atom. The van der Waals surface area contributed by atoms with Gasteiger partial charge in [0, 0.05) is 11.8 Å². The van der Waals surface area contributed by atoms with Crippen LogP contribution in [0.25, 0.3) is 11.3 Å². The molecule has 18 heavy (non-hydrogen) atoms. The molecule has 0 unspecified atom stereocenters. The maximum atomic E-state index is 9.03. The highest BCUT2D eigenvalue weighted by atomic mass is 16.5. The molecule has 94 valence electrons. The molecule has 0 amide bonds. The van der Waals surface area contributed by atoms with Crippen molar-refractivity contribution in [1.29, 1.82) is 0 Å². The number of aliphatic hydroxyl groups is 1. The number of nitrogens with zero attached hydrogens (tertiary/aromatic N) is 1. The lowest BCUT2D eigenvalue weighted by Gasteiger charge is -2.13. The van der Waals surface area contributed by atoms with Gasteiger partial charge >= 0.3 is 0 Å². The van der Waals surface area contributed by atoms with Crippen LogP contribution in [0.4, 0.5) is 0 Å². The third kappa shape index (κ3) is 2.87. The Morgan fingerprint density at radius 1 is 1.17 bits per heavy atom. The highest BCUT2D eigenvalue weighted by Gasteiger charge is 2.08. The minimum absolute atomic E-state index is 0.0534. The van der Waals surface area contributed by atoms with Crippen LogP contribution in [-0.4, -0.2) is 16.2 Å². The molecule has 0 saturated carbocycles. The third-order valence-electron chi connectivity index (χ3n) is 2.54. The smallest absolute Gasteiger partial charge is 0.145 e. The van der Waals surface area contributed by atoms with E-state index in [4.69, 9.17) is 9.84 Å². The number of hydrogen-bond donors (Lipinski definition) is 1. The molecule has 0 atom stereocenters. The van der Waals surface area contributed by atoms with Crippen molar-refractivity contribution in [3.05, 3.63) is 48.2 Å². The molecular formula is C15H17NO2. The molecule has 2 rings (SSSR count).